The third kappa shape index (κ3) is 10.3. The molecule has 4 nitrogen and oxygen atoms in total. The lowest BCUT2D eigenvalue weighted by atomic mass is 10.0. The highest BCUT2D eigenvalue weighted by atomic mass is 32.1. The smallest absolute Gasteiger partial charge is 0.229 e. The van der Waals surface area contributed by atoms with Gasteiger partial charge in [0.15, 0.2) is 11.5 Å². The fourth-order valence-electron chi connectivity index (χ4n) is 2.06. The molecule has 28 heavy (non-hydrogen) atoms. The van der Waals surface area contributed by atoms with E-state index in [0.29, 0.717) is 17.2 Å². The Morgan fingerprint density at radius 3 is 2.07 bits per heavy atom. The summed E-state index contributed by atoms with van der Waals surface area (Å²) in [5.74, 6) is 0.399. The van der Waals surface area contributed by atoms with Gasteiger partial charge in [0.1, 0.15) is 4.99 Å². The summed E-state index contributed by atoms with van der Waals surface area (Å²) in [5, 5.41) is 12.6. The molecule has 2 N–H and O–H groups in total. The molecule has 0 spiro atoms. The van der Waals surface area contributed by atoms with Crippen molar-refractivity contribution in [1.29, 1.82) is 0 Å². The summed E-state index contributed by atoms with van der Waals surface area (Å²) in [7, 11) is 1.49. The number of rotatable bonds is 4. The summed E-state index contributed by atoms with van der Waals surface area (Å²) in [6, 6.07) is 3.54. The summed E-state index contributed by atoms with van der Waals surface area (Å²) in [5.41, 5.74) is 2.31. The van der Waals surface area contributed by atoms with Gasteiger partial charge in [0.2, 0.25) is 5.91 Å². The van der Waals surface area contributed by atoms with Crippen molar-refractivity contribution in [3.63, 3.8) is 0 Å². The number of carbonyl (C=O) groups is 1. The molecule has 0 unspecified atom stereocenters. The molecule has 0 aliphatic carbocycles. The fraction of sp³-hybridized carbons (Fsp3) is 0.478. The highest BCUT2D eigenvalue weighted by Gasteiger charge is 2.20. The number of ether oxygens (including phenoxy) is 1. The first-order valence-electron chi connectivity index (χ1n) is 10.1. The molecule has 1 heterocycles. The zero-order valence-electron chi connectivity index (χ0n) is 19.1. The Kier molecular flexibility index (Phi) is 21.4. The number of hydrogen-bond acceptors (Lipinski definition) is 4. The number of phenols is 1. The van der Waals surface area contributed by atoms with Gasteiger partial charge in [0, 0.05) is 5.56 Å². The third-order valence-corrected chi connectivity index (χ3v) is 3.36. The monoisotopic (exact) mass is 409 g/mol. The van der Waals surface area contributed by atoms with Crippen molar-refractivity contribution in [2.24, 2.45) is 0 Å². The molecule has 1 aliphatic rings. The average Bonchev–Trinajstić information content (AvgIpc) is 3.07. The van der Waals surface area contributed by atoms with Gasteiger partial charge in [-0.15, -0.1) is 6.58 Å². The number of aromatic hydroxyl groups is 1. The summed E-state index contributed by atoms with van der Waals surface area (Å²) >= 11 is 5.09. The van der Waals surface area contributed by atoms with Crippen molar-refractivity contribution in [1.82, 2.24) is 5.32 Å². The van der Waals surface area contributed by atoms with Crippen molar-refractivity contribution in [3.8, 4) is 11.5 Å². The number of hydrogen-bond donors (Lipinski definition) is 2. The van der Waals surface area contributed by atoms with E-state index in [9.17, 15) is 9.90 Å². The standard InChI is InChI=1S/C15H15NO3S.4C2H6/c1-3-4-10-5-9(7-12(19-2)14(10)18)6-11-8-13(17)16-15(11)20;4*1-2/h3,5-7,18H,1,4,8H2,2H3,(H,16,17,20);4*1-2H3/b11-6-;;;;. The second-order valence-electron chi connectivity index (χ2n) is 4.45. The summed E-state index contributed by atoms with van der Waals surface area (Å²) in [6.07, 6.45) is 4.34. The lowest BCUT2D eigenvalue weighted by molar-refractivity contribution is -0.118. The molecule has 0 atom stereocenters. The van der Waals surface area contributed by atoms with Crippen LogP contribution in [0.2, 0.25) is 0 Å². The minimum atomic E-state index is -0.0988. The topological polar surface area (TPSA) is 58.6 Å². The van der Waals surface area contributed by atoms with Crippen LogP contribution >= 0.6 is 12.2 Å². The highest BCUT2D eigenvalue weighted by Crippen LogP contribution is 2.33. The number of benzene rings is 1. The Bertz CT molecular complexity index is 623. The number of nitrogens with one attached hydrogen (secondary N) is 1. The molecule has 0 aromatic heterocycles. The lowest BCUT2D eigenvalue weighted by Crippen LogP contribution is -2.17. The summed E-state index contributed by atoms with van der Waals surface area (Å²) in [4.78, 5) is 11.7. The van der Waals surface area contributed by atoms with Gasteiger partial charge >= 0.3 is 0 Å². The van der Waals surface area contributed by atoms with E-state index in [1.54, 1.807) is 12.1 Å². The normalized spacial score (nSPS) is 12.5. The van der Waals surface area contributed by atoms with E-state index in [1.807, 2.05) is 67.5 Å². The van der Waals surface area contributed by atoms with Crippen LogP contribution in [0.15, 0.2) is 30.4 Å². The van der Waals surface area contributed by atoms with Crippen molar-refractivity contribution < 1.29 is 14.6 Å². The maximum absolute atomic E-state index is 11.3. The zero-order valence-corrected chi connectivity index (χ0v) is 19.9. The molecule has 1 fully saturated rings. The number of phenolic OH excluding ortho intramolecular Hbond substituents is 1. The van der Waals surface area contributed by atoms with Crippen LogP contribution in [-0.4, -0.2) is 23.1 Å². The van der Waals surface area contributed by atoms with Crippen molar-refractivity contribution in [2.75, 3.05) is 7.11 Å². The molecule has 0 radical (unpaired) electrons. The molecule has 1 aromatic rings. The maximum Gasteiger partial charge on any atom is 0.229 e. The molecule has 1 saturated heterocycles. The first-order chi connectivity index (χ1) is 13.5. The van der Waals surface area contributed by atoms with Crippen LogP contribution < -0.4 is 10.1 Å². The molecule has 1 aromatic carbocycles. The fourth-order valence-corrected chi connectivity index (χ4v) is 2.31. The maximum atomic E-state index is 11.3. The Balaban J connectivity index is -0.000000695. The number of methoxy groups -OCH3 is 1. The van der Waals surface area contributed by atoms with Crippen LogP contribution in [0, 0.1) is 0 Å². The van der Waals surface area contributed by atoms with Gasteiger partial charge < -0.3 is 15.2 Å². The largest absolute Gasteiger partial charge is 0.504 e. The first-order valence-corrected chi connectivity index (χ1v) is 10.5. The third-order valence-electron chi connectivity index (χ3n) is 3.00. The van der Waals surface area contributed by atoms with E-state index in [2.05, 4.69) is 11.9 Å². The van der Waals surface area contributed by atoms with Crippen LogP contribution in [0.1, 0.15) is 72.9 Å². The Labute approximate surface area is 177 Å². The van der Waals surface area contributed by atoms with Crippen molar-refractivity contribution in [2.45, 2.75) is 68.2 Å². The first kappa shape index (κ1) is 30.6. The molecule has 1 amide bonds. The molecule has 5 heteroatoms. The number of thiocarbonyl (C=S) groups is 1. The quantitative estimate of drug-likeness (QED) is 0.340. The summed E-state index contributed by atoms with van der Waals surface area (Å²) < 4.78 is 5.16. The van der Waals surface area contributed by atoms with Crippen molar-refractivity contribution in [3.05, 3.63) is 41.5 Å². The van der Waals surface area contributed by atoms with E-state index in [-0.39, 0.29) is 18.1 Å². The SMILES string of the molecule is C=CCc1cc(/C=C2/CC(=O)NC2=S)cc(OC)c1O.CC.CC.CC.CC. The van der Waals surface area contributed by atoms with E-state index < -0.39 is 0 Å². The molecule has 160 valence electrons. The number of carbonyl (C=O) groups excluding carboxylic acids is 1. The minimum Gasteiger partial charge on any atom is -0.504 e. The van der Waals surface area contributed by atoms with Gasteiger partial charge in [0.05, 0.1) is 13.5 Å². The van der Waals surface area contributed by atoms with Crippen molar-refractivity contribution >= 4 is 29.2 Å². The highest BCUT2D eigenvalue weighted by molar-refractivity contribution is 7.80. The Morgan fingerprint density at radius 2 is 1.68 bits per heavy atom. The molecule has 2 rings (SSSR count). The van der Waals surface area contributed by atoms with Crippen LogP contribution in [0.5, 0.6) is 11.5 Å². The molecular formula is C23H39NO3S. The Morgan fingerprint density at radius 1 is 1.14 bits per heavy atom. The van der Waals surface area contributed by atoms with Gasteiger partial charge in [0.25, 0.3) is 0 Å². The van der Waals surface area contributed by atoms with Crippen LogP contribution in [0.3, 0.4) is 0 Å². The van der Waals surface area contributed by atoms with E-state index in [4.69, 9.17) is 17.0 Å². The van der Waals surface area contributed by atoms with Gasteiger partial charge in [-0.1, -0.05) is 73.7 Å². The predicted octanol–water partition coefficient (Wildman–Crippen LogP) is 6.46. The molecule has 0 saturated carbocycles. The second kappa shape index (κ2) is 19.6. The zero-order chi connectivity index (χ0) is 22.7. The minimum absolute atomic E-state index is 0.0988. The Hall–Kier alpha value is -2.14. The van der Waals surface area contributed by atoms with E-state index >= 15 is 0 Å². The number of amides is 1. The average molecular weight is 410 g/mol. The second-order valence-corrected chi connectivity index (χ2v) is 4.86. The van der Waals surface area contributed by atoms with Crippen LogP contribution in [0.25, 0.3) is 6.08 Å². The van der Waals surface area contributed by atoms with Gasteiger partial charge in [-0.2, -0.15) is 0 Å². The van der Waals surface area contributed by atoms with E-state index in [0.717, 1.165) is 16.7 Å². The predicted molar refractivity (Wildman–Crippen MR) is 127 cm³/mol. The van der Waals surface area contributed by atoms with Gasteiger partial charge in [-0.05, 0) is 35.8 Å². The number of allylic oxidation sites excluding steroid dienone is 1. The van der Waals surface area contributed by atoms with Gasteiger partial charge in [-0.25, -0.2) is 0 Å². The van der Waals surface area contributed by atoms with Crippen LogP contribution in [-0.2, 0) is 11.2 Å². The lowest BCUT2D eigenvalue weighted by Gasteiger charge is -2.10. The van der Waals surface area contributed by atoms with Gasteiger partial charge in [-0.3, -0.25) is 4.79 Å². The summed E-state index contributed by atoms with van der Waals surface area (Å²) in [6.45, 7) is 19.7. The molecule has 1 aliphatic heterocycles. The van der Waals surface area contributed by atoms with Crippen LogP contribution in [0.4, 0.5) is 0 Å². The van der Waals surface area contributed by atoms with E-state index in [1.165, 1.54) is 7.11 Å². The molecule has 0 bridgehead atoms. The molecular weight excluding hydrogens is 370 g/mol.